The van der Waals surface area contributed by atoms with E-state index in [0.717, 1.165) is 0 Å². The molecule has 2 aromatic heterocycles. The molecule has 4 N–H and O–H groups in total. The first-order valence-corrected chi connectivity index (χ1v) is 6.00. The Morgan fingerprint density at radius 2 is 2.11 bits per heavy atom. The molecule has 8 heteroatoms. The number of ether oxygens (including phenoxy) is 1. The standard InChI is InChI=1S/C11H15N5O3/c1-5-2-19-11(8(18)7(5)17)16-4-15-6-9(12)13-3-14-10(6)16/h3-5,7-8,11,17-18H,2H2,1H3,(H2,12,13,14)/t5-,7?,8?,11?/m0/s1. The molecule has 0 bridgehead atoms. The highest BCUT2D eigenvalue weighted by Gasteiger charge is 2.38. The number of hydrogen-bond donors (Lipinski definition) is 3. The van der Waals surface area contributed by atoms with Crippen molar-refractivity contribution in [3.8, 4) is 0 Å². The maximum Gasteiger partial charge on any atom is 0.167 e. The van der Waals surface area contributed by atoms with E-state index in [1.165, 1.54) is 12.7 Å². The van der Waals surface area contributed by atoms with Crippen molar-refractivity contribution in [2.45, 2.75) is 25.4 Å². The zero-order valence-electron chi connectivity index (χ0n) is 10.3. The van der Waals surface area contributed by atoms with Gasteiger partial charge in [-0.05, 0) is 0 Å². The van der Waals surface area contributed by atoms with Crippen LogP contribution in [0.5, 0.6) is 0 Å². The molecule has 0 spiro atoms. The second-order valence-electron chi connectivity index (χ2n) is 4.77. The van der Waals surface area contributed by atoms with Gasteiger partial charge in [0.05, 0.1) is 19.0 Å². The minimum absolute atomic E-state index is 0.124. The lowest BCUT2D eigenvalue weighted by Crippen LogP contribution is -2.46. The van der Waals surface area contributed by atoms with E-state index in [1.54, 1.807) is 4.57 Å². The zero-order chi connectivity index (χ0) is 13.6. The van der Waals surface area contributed by atoms with E-state index in [9.17, 15) is 10.2 Å². The van der Waals surface area contributed by atoms with Crippen LogP contribution in [-0.2, 0) is 4.74 Å². The number of nitrogens with two attached hydrogens (primary N) is 1. The quantitative estimate of drug-likeness (QED) is 0.623. The van der Waals surface area contributed by atoms with Crippen LogP contribution in [0.3, 0.4) is 0 Å². The van der Waals surface area contributed by atoms with Gasteiger partial charge in [0.15, 0.2) is 17.7 Å². The third-order valence-corrected chi connectivity index (χ3v) is 3.42. The maximum atomic E-state index is 10.1. The van der Waals surface area contributed by atoms with Crippen LogP contribution in [0.15, 0.2) is 12.7 Å². The van der Waals surface area contributed by atoms with Crippen LogP contribution in [0.4, 0.5) is 5.82 Å². The van der Waals surface area contributed by atoms with E-state index in [-0.39, 0.29) is 11.7 Å². The molecule has 1 aliphatic heterocycles. The Bertz CT molecular complexity index is 601. The molecule has 1 aliphatic rings. The normalized spacial score (nSPS) is 31.7. The van der Waals surface area contributed by atoms with Crippen LogP contribution in [0.1, 0.15) is 13.2 Å². The second-order valence-corrected chi connectivity index (χ2v) is 4.77. The van der Waals surface area contributed by atoms with Gasteiger partial charge in [0, 0.05) is 5.92 Å². The number of rotatable bonds is 1. The van der Waals surface area contributed by atoms with E-state index in [4.69, 9.17) is 10.5 Å². The summed E-state index contributed by atoms with van der Waals surface area (Å²) in [6.45, 7) is 2.17. The molecule has 1 fully saturated rings. The lowest BCUT2D eigenvalue weighted by Gasteiger charge is -2.36. The number of nitrogens with zero attached hydrogens (tertiary/aromatic N) is 4. The first kappa shape index (κ1) is 12.3. The third kappa shape index (κ3) is 1.84. The number of imidazole rings is 1. The molecule has 0 radical (unpaired) electrons. The van der Waals surface area contributed by atoms with Crippen LogP contribution in [0.2, 0.25) is 0 Å². The van der Waals surface area contributed by atoms with E-state index in [1.807, 2.05) is 6.92 Å². The Labute approximate surface area is 108 Å². The van der Waals surface area contributed by atoms with Crippen molar-refractivity contribution >= 4 is 17.0 Å². The highest BCUT2D eigenvalue weighted by Crippen LogP contribution is 2.29. The van der Waals surface area contributed by atoms with Gasteiger partial charge in [-0.15, -0.1) is 0 Å². The summed E-state index contributed by atoms with van der Waals surface area (Å²) in [5, 5.41) is 20.0. The van der Waals surface area contributed by atoms with Gasteiger partial charge in [0.2, 0.25) is 0 Å². The fourth-order valence-corrected chi connectivity index (χ4v) is 2.25. The first-order chi connectivity index (χ1) is 9.09. The van der Waals surface area contributed by atoms with E-state index >= 15 is 0 Å². The van der Waals surface area contributed by atoms with Crippen LogP contribution >= 0.6 is 0 Å². The summed E-state index contributed by atoms with van der Waals surface area (Å²) in [4.78, 5) is 12.1. The maximum absolute atomic E-state index is 10.1. The van der Waals surface area contributed by atoms with E-state index in [2.05, 4.69) is 15.0 Å². The number of nitrogen functional groups attached to an aromatic ring is 1. The molecule has 1 saturated heterocycles. The summed E-state index contributed by atoms with van der Waals surface area (Å²) in [5.74, 6) is 0.142. The van der Waals surface area contributed by atoms with Crippen molar-refractivity contribution in [1.29, 1.82) is 0 Å². The molecule has 0 aromatic carbocycles. The van der Waals surface area contributed by atoms with Crippen LogP contribution in [0.25, 0.3) is 11.2 Å². The molecule has 8 nitrogen and oxygen atoms in total. The minimum atomic E-state index is -1.04. The molecule has 3 unspecified atom stereocenters. The topological polar surface area (TPSA) is 119 Å². The molecule has 102 valence electrons. The van der Waals surface area contributed by atoms with Crippen molar-refractivity contribution in [2.24, 2.45) is 5.92 Å². The molecule has 3 heterocycles. The Balaban J connectivity index is 2.03. The van der Waals surface area contributed by atoms with Gasteiger partial charge in [-0.2, -0.15) is 0 Å². The summed E-state index contributed by atoms with van der Waals surface area (Å²) in [6.07, 6.45) is 0.175. The molecule has 3 rings (SSSR count). The summed E-state index contributed by atoms with van der Waals surface area (Å²) < 4.78 is 7.14. The highest BCUT2D eigenvalue weighted by molar-refractivity contribution is 5.81. The van der Waals surface area contributed by atoms with E-state index in [0.29, 0.717) is 17.8 Å². The molecule has 4 atom stereocenters. The smallest absolute Gasteiger partial charge is 0.167 e. The van der Waals surface area contributed by atoms with Crippen molar-refractivity contribution in [3.63, 3.8) is 0 Å². The molecular weight excluding hydrogens is 250 g/mol. The summed E-state index contributed by atoms with van der Waals surface area (Å²) in [5.41, 5.74) is 6.62. The molecular formula is C11H15N5O3. The van der Waals surface area contributed by atoms with Gasteiger partial charge < -0.3 is 20.7 Å². The fraction of sp³-hybridized carbons (Fsp3) is 0.545. The number of aliphatic hydroxyl groups excluding tert-OH is 2. The summed E-state index contributed by atoms with van der Waals surface area (Å²) >= 11 is 0. The number of aliphatic hydroxyl groups is 2. The molecule has 2 aromatic rings. The number of hydrogen-bond acceptors (Lipinski definition) is 7. The second kappa shape index (κ2) is 4.41. The first-order valence-electron chi connectivity index (χ1n) is 6.00. The van der Waals surface area contributed by atoms with Gasteiger partial charge in [-0.3, -0.25) is 4.57 Å². The van der Waals surface area contributed by atoms with Crippen LogP contribution in [-0.4, -0.2) is 48.5 Å². The van der Waals surface area contributed by atoms with Gasteiger partial charge in [0.25, 0.3) is 0 Å². The number of fused-ring (bicyclic) bond motifs is 1. The predicted molar refractivity (Wildman–Crippen MR) is 65.9 cm³/mol. The highest BCUT2D eigenvalue weighted by atomic mass is 16.5. The van der Waals surface area contributed by atoms with Gasteiger partial charge in [-0.1, -0.05) is 6.92 Å². The zero-order valence-corrected chi connectivity index (χ0v) is 10.3. The summed E-state index contributed by atoms with van der Waals surface area (Å²) in [7, 11) is 0. The van der Waals surface area contributed by atoms with E-state index < -0.39 is 18.4 Å². The largest absolute Gasteiger partial charge is 0.390 e. The Hall–Kier alpha value is -1.77. The Morgan fingerprint density at radius 1 is 1.32 bits per heavy atom. The Kier molecular flexibility index (Phi) is 2.85. The fourth-order valence-electron chi connectivity index (χ4n) is 2.25. The van der Waals surface area contributed by atoms with Crippen LogP contribution < -0.4 is 5.73 Å². The van der Waals surface area contributed by atoms with Gasteiger partial charge in [-0.25, -0.2) is 15.0 Å². The van der Waals surface area contributed by atoms with Gasteiger partial charge in [0.1, 0.15) is 17.9 Å². The van der Waals surface area contributed by atoms with Crippen molar-refractivity contribution in [2.75, 3.05) is 12.3 Å². The van der Waals surface area contributed by atoms with Crippen molar-refractivity contribution in [1.82, 2.24) is 19.5 Å². The Morgan fingerprint density at radius 3 is 2.89 bits per heavy atom. The molecule has 19 heavy (non-hydrogen) atoms. The van der Waals surface area contributed by atoms with Crippen molar-refractivity contribution < 1.29 is 14.9 Å². The minimum Gasteiger partial charge on any atom is -0.390 e. The molecule has 0 aliphatic carbocycles. The lowest BCUT2D eigenvalue weighted by molar-refractivity contribution is -0.187. The average Bonchev–Trinajstić information content (AvgIpc) is 2.82. The van der Waals surface area contributed by atoms with Crippen molar-refractivity contribution in [3.05, 3.63) is 12.7 Å². The van der Waals surface area contributed by atoms with Crippen LogP contribution in [0, 0.1) is 5.92 Å². The molecule has 0 saturated carbocycles. The lowest BCUT2D eigenvalue weighted by atomic mass is 9.97. The summed E-state index contributed by atoms with van der Waals surface area (Å²) in [6, 6.07) is 0. The predicted octanol–water partition coefficient (Wildman–Crippen LogP) is -0.705. The SMILES string of the molecule is C[C@H]1COC(n2cnc3c(N)ncnc32)C(O)C1O. The molecule has 0 amide bonds. The average molecular weight is 265 g/mol. The third-order valence-electron chi connectivity index (χ3n) is 3.42. The monoisotopic (exact) mass is 265 g/mol. The number of aromatic nitrogens is 4. The number of anilines is 1. The van der Waals surface area contributed by atoms with Gasteiger partial charge >= 0.3 is 0 Å².